The number of aromatic amines is 1. The van der Waals surface area contributed by atoms with E-state index in [4.69, 9.17) is 4.42 Å². The molecule has 1 N–H and O–H groups in total. The zero-order valence-corrected chi connectivity index (χ0v) is 15.0. The summed E-state index contributed by atoms with van der Waals surface area (Å²) in [6, 6.07) is 13.4. The first kappa shape index (κ1) is 17.3. The van der Waals surface area contributed by atoms with Crippen molar-refractivity contribution in [2.45, 2.75) is 24.3 Å². The van der Waals surface area contributed by atoms with Crippen LogP contribution in [0.1, 0.15) is 24.7 Å². The summed E-state index contributed by atoms with van der Waals surface area (Å²) in [6.45, 7) is 5.28. The van der Waals surface area contributed by atoms with Crippen molar-refractivity contribution in [1.29, 1.82) is 0 Å². The monoisotopic (exact) mass is 356 g/mol. The number of amides is 1. The van der Waals surface area contributed by atoms with Gasteiger partial charge in [-0.05, 0) is 43.3 Å². The highest BCUT2D eigenvalue weighted by atomic mass is 32.2. The van der Waals surface area contributed by atoms with Crippen molar-refractivity contribution in [3.63, 3.8) is 0 Å². The molecule has 0 aliphatic rings. The molecule has 6 nitrogen and oxygen atoms in total. The average Bonchev–Trinajstić information content (AvgIpc) is 3.33. The highest BCUT2D eigenvalue weighted by Crippen LogP contribution is 2.36. The molecule has 25 heavy (non-hydrogen) atoms. The summed E-state index contributed by atoms with van der Waals surface area (Å²) in [5.41, 5.74) is 1.68. The van der Waals surface area contributed by atoms with Crippen LogP contribution in [0.2, 0.25) is 0 Å². The van der Waals surface area contributed by atoms with Gasteiger partial charge in [-0.15, -0.1) is 10.2 Å². The second-order valence-corrected chi connectivity index (χ2v) is 6.43. The van der Waals surface area contributed by atoms with Crippen LogP contribution in [0.5, 0.6) is 0 Å². The van der Waals surface area contributed by atoms with Crippen LogP contribution in [0.4, 0.5) is 0 Å². The van der Waals surface area contributed by atoms with Crippen molar-refractivity contribution >= 4 is 17.7 Å². The zero-order chi connectivity index (χ0) is 17.6. The Morgan fingerprint density at radius 2 is 1.92 bits per heavy atom. The number of nitrogens with one attached hydrogen (secondary N) is 1. The normalized spacial score (nSPS) is 12.1. The number of carbonyl (C=O) groups excluding carboxylic acids is 1. The van der Waals surface area contributed by atoms with Crippen molar-refractivity contribution in [2.75, 3.05) is 13.1 Å². The van der Waals surface area contributed by atoms with E-state index in [-0.39, 0.29) is 5.91 Å². The predicted molar refractivity (Wildman–Crippen MR) is 97.1 cm³/mol. The molecule has 1 aromatic carbocycles. The Labute approximate surface area is 150 Å². The number of carbonyl (C=O) groups is 1. The lowest BCUT2D eigenvalue weighted by Gasteiger charge is -2.24. The second kappa shape index (κ2) is 8.02. The summed E-state index contributed by atoms with van der Waals surface area (Å²) in [5, 5.41) is 8.10. The molecule has 0 unspecified atom stereocenters. The molecule has 1 amide bonds. The van der Waals surface area contributed by atoms with Gasteiger partial charge in [-0.1, -0.05) is 30.3 Å². The average molecular weight is 356 g/mol. The third-order valence-electron chi connectivity index (χ3n) is 3.86. The Morgan fingerprint density at radius 3 is 2.56 bits per heavy atom. The zero-order valence-electron chi connectivity index (χ0n) is 14.2. The van der Waals surface area contributed by atoms with Crippen molar-refractivity contribution in [3.8, 4) is 11.6 Å². The topological polar surface area (TPSA) is 75.0 Å². The van der Waals surface area contributed by atoms with Crippen LogP contribution < -0.4 is 0 Å². The van der Waals surface area contributed by atoms with E-state index in [1.54, 1.807) is 6.20 Å². The largest absolute Gasteiger partial charge is 0.410 e. The van der Waals surface area contributed by atoms with E-state index in [2.05, 4.69) is 15.2 Å². The molecule has 0 aliphatic carbocycles. The third-order valence-corrected chi connectivity index (χ3v) is 4.93. The minimum absolute atomic E-state index is 0.0424. The van der Waals surface area contributed by atoms with Gasteiger partial charge in [0, 0.05) is 19.3 Å². The number of rotatable bonds is 7. The third kappa shape index (κ3) is 3.93. The van der Waals surface area contributed by atoms with E-state index in [0.717, 1.165) is 11.3 Å². The first-order chi connectivity index (χ1) is 12.2. The van der Waals surface area contributed by atoms with Gasteiger partial charge >= 0.3 is 0 Å². The summed E-state index contributed by atoms with van der Waals surface area (Å²) in [4.78, 5) is 17.8. The van der Waals surface area contributed by atoms with Crippen molar-refractivity contribution in [1.82, 2.24) is 20.1 Å². The Balaban J connectivity index is 1.86. The molecule has 0 fully saturated rings. The molecule has 130 valence electrons. The van der Waals surface area contributed by atoms with Crippen LogP contribution in [0.25, 0.3) is 11.6 Å². The van der Waals surface area contributed by atoms with E-state index in [0.29, 0.717) is 24.2 Å². The molecular weight excluding hydrogens is 336 g/mol. The van der Waals surface area contributed by atoms with Crippen LogP contribution in [-0.4, -0.2) is 39.1 Å². The molecule has 0 aliphatic heterocycles. The minimum atomic E-state index is -0.418. The standard InChI is InChI=1S/C18H20N4O2S/c1-3-22(4-2)17(23)15(13-9-6-5-7-10-13)25-18-21-20-16(24-18)14-11-8-12-19-14/h5-12,15,19H,3-4H2,1-2H3/t15-/m1/s1. The lowest BCUT2D eigenvalue weighted by Crippen LogP contribution is -2.33. The van der Waals surface area contributed by atoms with Crippen LogP contribution in [0, 0.1) is 0 Å². The van der Waals surface area contributed by atoms with Gasteiger partial charge in [-0.2, -0.15) is 0 Å². The van der Waals surface area contributed by atoms with Gasteiger partial charge in [0.1, 0.15) is 10.9 Å². The van der Waals surface area contributed by atoms with Crippen LogP contribution in [0.3, 0.4) is 0 Å². The lowest BCUT2D eigenvalue weighted by molar-refractivity contribution is -0.130. The van der Waals surface area contributed by atoms with Gasteiger partial charge in [-0.25, -0.2) is 0 Å². The molecular formula is C18H20N4O2S. The molecule has 0 radical (unpaired) electrons. The quantitative estimate of drug-likeness (QED) is 0.652. The van der Waals surface area contributed by atoms with E-state index in [1.165, 1.54) is 11.8 Å². The van der Waals surface area contributed by atoms with Gasteiger partial charge in [0.2, 0.25) is 5.91 Å². The predicted octanol–water partition coefficient (Wildman–Crippen LogP) is 3.77. The first-order valence-corrected chi connectivity index (χ1v) is 9.08. The van der Waals surface area contributed by atoms with Gasteiger partial charge in [0.25, 0.3) is 11.1 Å². The van der Waals surface area contributed by atoms with Gasteiger partial charge in [0.05, 0.1) is 0 Å². The van der Waals surface area contributed by atoms with E-state index < -0.39 is 5.25 Å². The summed E-state index contributed by atoms with van der Waals surface area (Å²) >= 11 is 1.28. The second-order valence-electron chi connectivity index (χ2n) is 5.38. The van der Waals surface area contributed by atoms with E-state index >= 15 is 0 Å². The van der Waals surface area contributed by atoms with Crippen LogP contribution in [0.15, 0.2) is 58.3 Å². The summed E-state index contributed by atoms with van der Waals surface area (Å²) in [5.74, 6) is 0.454. The number of likely N-dealkylation sites (N-methyl/N-ethyl adjacent to an activating group) is 1. The van der Waals surface area contributed by atoms with E-state index in [9.17, 15) is 4.79 Å². The first-order valence-electron chi connectivity index (χ1n) is 8.20. The van der Waals surface area contributed by atoms with Crippen molar-refractivity contribution in [2.24, 2.45) is 0 Å². The Bertz CT molecular complexity index is 798. The number of nitrogens with zero attached hydrogens (tertiary/aromatic N) is 3. The number of benzene rings is 1. The fraction of sp³-hybridized carbons (Fsp3) is 0.278. The molecule has 0 saturated heterocycles. The molecule has 3 rings (SSSR count). The number of H-pyrrole nitrogens is 1. The number of hydrogen-bond donors (Lipinski definition) is 1. The molecule has 1 atom stereocenters. The van der Waals surface area contributed by atoms with Crippen LogP contribution >= 0.6 is 11.8 Å². The highest BCUT2D eigenvalue weighted by molar-refractivity contribution is 8.00. The Hall–Kier alpha value is -2.54. The fourth-order valence-electron chi connectivity index (χ4n) is 2.52. The van der Waals surface area contributed by atoms with Crippen LogP contribution in [-0.2, 0) is 4.79 Å². The summed E-state index contributed by atoms with van der Waals surface area (Å²) in [7, 11) is 0. The maximum Gasteiger partial charge on any atom is 0.278 e. The SMILES string of the molecule is CCN(CC)C(=O)[C@H](Sc1nnc(-c2ccc[nH]2)o1)c1ccccc1. The number of aromatic nitrogens is 3. The van der Waals surface area contributed by atoms with Gasteiger partial charge < -0.3 is 14.3 Å². The molecule has 0 saturated carbocycles. The number of hydrogen-bond acceptors (Lipinski definition) is 5. The maximum atomic E-state index is 13.0. The van der Waals surface area contributed by atoms with Gasteiger partial charge in [0.15, 0.2) is 0 Å². The molecule has 2 aromatic heterocycles. The molecule has 0 spiro atoms. The molecule has 2 heterocycles. The fourth-order valence-corrected chi connectivity index (χ4v) is 3.48. The highest BCUT2D eigenvalue weighted by Gasteiger charge is 2.28. The maximum absolute atomic E-state index is 13.0. The number of thioether (sulfide) groups is 1. The minimum Gasteiger partial charge on any atom is -0.410 e. The van der Waals surface area contributed by atoms with Crippen molar-refractivity contribution < 1.29 is 9.21 Å². The summed E-state index contributed by atoms with van der Waals surface area (Å²) < 4.78 is 5.72. The molecule has 3 aromatic rings. The molecule has 0 bridgehead atoms. The summed E-state index contributed by atoms with van der Waals surface area (Å²) in [6.07, 6.45) is 1.79. The molecule has 7 heteroatoms. The van der Waals surface area contributed by atoms with Crippen molar-refractivity contribution in [3.05, 3.63) is 54.2 Å². The Kier molecular flexibility index (Phi) is 5.55. The Morgan fingerprint density at radius 1 is 1.16 bits per heavy atom. The smallest absolute Gasteiger partial charge is 0.278 e. The lowest BCUT2D eigenvalue weighted by atomic mass is 10.1. The van der Waals surface area contributed by atoms with Gasteiger partial charge in [-0.3, -0.25) is 4.79 Å². The van der Waals surface area contributed by atoms with E-state index in [1.807, 2.05) is 61.2 Å².